The summed E-state index contributed by atoms with van der Waals surface area (Å²) in [7, 11) is -2.57. The third-order valence-electron chi connectivity index (χ3n) is 11.0. The normalized spacial score (nSPS) is 14.7. The predicted octanol–water partition coefficient (Wildman–Crippen LogP) is 14.2. The van der Waals surface area contributed by atoms with Crippen LogP contribution < -0.4 is 14.8 Å². The second kappa shape index (κ2) is 23.0. The number of anilines is 1. The first-order valence-corrected chi connectivity index (χ1v) is 22.9. The lowest BCUT2D eigenvalue weighted by Crippen LogP contribution is -2.74. The summed E-state index contributed by atoms with van der Waals surface area (Å²) in [5.41, 5.74) is -0.959. The Hall–Kier alpha value is -4.75. The van der Waals surface area contributed by atoms with Gasteiger partial charge in [-0.25, -0.2) is 9.59 Å². The molecular weight excluding hydrogens is 994 g/mol. The van der Waals surface area contributed by atoms with Gasteiger partial charge in [-0.2, -0.15) is 74.6 Å². The van der Waals surface area contributed by atoms with Crippen molar-refractivity contribution >= 4 is 26.1 Å². The highest BCUT2D eigenvalue weighted by Gasteiger charge is 2.95. The fourth-order valence-corrected chi connectivity index (χ4v) is 11.3. The lowest BCUT2D eigenvalue weighted by molar-refractivity contribution is -0.461. The van der Waals surface area contributed by atoms with Crippen LogP contribution in [0.2, 0.25) is 17.1 Å². The van der Waals surface area contributed by atoms with Crippen LogP contribution in [0.15, 0.2) is 73.3 Å². The van der Waals surface area contributed by atoms with Crippen molar-refractivity contribution in [2.75, 3.05) is 32.2 Å². The molecule has 0 bridgehead atoms. The Bertz CT molecular complexity index is 2010. The number of alkyl halides is 17. The largest absolute Gasteiger partial charge is 0.497 e. The van der Waals surface area contributed by atoms with E-state index in [4.69, 9.17) is 23.4 Å². The van der Waals surface area contributed by atoms with E-state index >= 15 is 8.78 Å². The molecule has 1 amide bonds. The molecule has 8 nitrogen and oxygen atoms in total. The summed E-state index contributed by atoms with van der Waals surface area (Å²) in [6.45, 7) is 9.54. The second-order valence-corrected chi connectivity index (χ2v) is 21.2. The average molecular weight is 1040 g/mol. The minimum Gasteiger partial charge on any atom is -0.497 e. The molecule has 0 aliphatic heterocycles. The fourth-order valence-electron chi connectivity index (χ4n) is 6.83. The van der Waals surface area contributed by atoms with Gasteiger partial charge in [0.1, 0.15) is 30.8 Å². The Morgan fingerprint density at radius 2 is 1.17 bits per heavy atom. The Balaban J connectivity index is 2.29. The Morgan fingerprint density at radius 1 is 0.681 bits per heavy atom. The maximum Gasteiger partial charge on any atom is 0.460 e. The molecule has 69 heavy (non-hydrogen) atoms. The molecule has 0 aliphatic rings. The predicted molar refractivity (Wildman–Crippen MR) is 218 cm³/mol. The zero-order chi connectivity index (χ0) is 53.2. The third-order valence-corrected chi connectivity index (χ3v) is 16.7. The summed E-state index contributed by atoms with van der Waals surface area (Å²) in [5, 5.41) is 2.60. The van der Waals surface area contributed by atoms with E-state index in [1.54, 1.807) is 37.3 Å². The lowest BCUT2D eigenvalue weighted by atomic mass is 9.88. The van der Waals surface area contributed by atoms with Gasteiger partial charge in [0.25, 0.3) is 0 Å². The van der Waals surface area contributed by atoms with Gasteiger partial charge in [-0.15, -0.1) is 0 Å². The number of amides is 1. The van der Waals surface area contributed by atoms with Crippen LogP contribution in [-0.2, 0) is 18.7 Å². The van der Waals surface area contributed by atoms with Crippen molar-refractivity contribution in [3.05, 3.63) is 78.9 Å². The van der Waals surface area contributed by atoms with Crippen molar-refractivity contribution in [3.8, 4) is 11.5 Å². The number of hydrogen-bond donors (Lipinski definition) is 1. The standard InChI is InChI=1S/C43H50F17NO7Si/c1-8-22-66-33(62)12-10-9-11-28(6)34(68-35(63)61-30-15-19-31(64-7)20-16-30)29-13-17-32(18-14-29)65-23-24-67-69(26(2)3,27(4)5)25-21-36(44,45)37(46,47)38(48,49)39(50,51)40(52,53)41(54,55)42(56,57)43(58,59)60/h8,10,12-20,26-28,34H,1,9,11,21-25H2,2-7H3,(H,61,63)/b12-10+/t28-,34-/m1/s1. The molecule has 2 aromatic rings. The van der Waals surface area contributed by atoms with Gasteiger partial charge in [0, 0.05) is 18.2 Å². The van der Waals surface area contributed by atoms with Gasteiger partial charge in [-0.05, 0) is 77.8 Å². The SMILES string of the molecule is C=CCOC(=O)/C=C/CC[C@@H](C)[C@@H](OC(=O)Nc1ccc(OC)cc1)c1ccc(OCCO[Si](CCC(F)(F)C(F)(F)C(F)(F)C(F)(F)C(F)(F)C(F)(F)C(F)(F)C(F)(F)F)(C(C)C)C(C)C)cc1. The molecule has 2 rings (SSSR count). The third kappa shape index (κ3) is 13.2. The van der Waals surface area contributed by atoms with Gasteiger partial charge in [-0.1, -0.05) is 65.5 Å². The summed E-state index contributed by atoms with van der Waals surface area (Å²) >= 11 is 0. The molecular formula is C43H50F17NO7Si. The molecule has 0 heterocycles. The molecule has 0 aromatic heterocycles. The average Bonchev–Trinajstić information content (AvgIpc) is 3.25. The molecule has 2 aromatic carbocycles. The molecule has 0 aliphatic carbocycles. The van der Waals surface area contributed by atoms with E-state index < -0.39 is 111 Å². The van der Waals surface area contributed by atoms with E-state index in [9.17, 15) is 75.4 Å². The maximum atomic E-state index is 15.0. The number of methoxy groups -OCH3 is 1. The number of ether oxygens (including phenoxy) is 4. The minimum absolute atomic E-state index is 0.00235. The quantitative estimate of drug-likeness (QED) is 0.0238. The monoisotopic (exact) mass is 1040 g/mol. The first-order valence-electron chi connectivity index (χ1n) is 20.6. The van der Waals surface area contributed by atoms with Gasteiger partial charge >= 0.3 is 59.7 Å². The van der Waals surface area contributed by atoms with Crippen LogP contribution >= 0.6 is 0 Å². The molecule has 0 saturated carbocycles. The van der Waals surface area contributed by atoms with E-state index in [0.717, 1.165) is 0 Å². The molecule has 0 fully saturated rings. The van der Waals surface area contributed by atoms with Crippen LogP contribution in [0.5, 0.6) is 11.5 Å². The minimum atomic E-state index is -8.70. The smallest absolute Gasteiger partial charge is 0.460 e. The first kappa shape index (κ1) is 60.4. The van der Waals surface area contributed by atoms with Crippen molar-refractivity contribution in [1.82, 2.24) is 0 Å². The van der Waals surface area contributed by atoms with E-state index in [0.29, 0.717) is 29.8 Å². The highest BCUT2D eigenvalue weighted by Crippen LogP contribution is 2.64. The number of halogens is 17. The van der Waals surface area contributed by atoms with E-state index in [-0.39, 0.29) is 18.3 Å². The maximum absolute atomic E-state index is 15.0. The van der Waals surface area contributed by atoms with Gasteiger partial charge < -0.3 is 23.4 Å². The highest BCUT2D eigenvalue weighted by atomic mass is 28.4. The zero-order valence-electron chi connectivity index (χ0n) is 37.6. The van der Waals surface area contributed by atoms with Crippen molar-refractivity contribution < 1.29 is 108 Å². The van der Waals surface area contributed by atoms with Crippen molar-refractivity contribution in [2.45, 2.75) is 125 Å². The number of benzene rings is 2. The number of hydrogen-bond acceptors (Lipinski definition) is 7. The van der Waals surface area contributed by atoms with Crippen LogP contribution in [0.25, 0.3) is 0 Å². The molecule has 392 valence electrons. The fraction of sp³-hybridized carbons (Fsp3) is 0.581. The lowest BCUT2D eigenvalue weighted by Gasteiger charge is -2.44. The number of rotatable bonds is 27. The van der Waals surface area contributed by atoms with Crippen LogP contribution in [0.1, 0.15) is 65.5 Å². The highest BCUT2D eigenvalue weighted by molar-refractivity contribution is 6.76. The van der Waals surface area contributed by atoms with Gasteiger partial charge in [0.2, 0.25) is 0 Å². The molecule has 2 atom stereocenters. The van der Waals surface area contributed by atoms with Crippen LogP contribution in [0.3, 0.4) is 0 Å². The summed E-state index contributed by atoms with van der Waals surface area (Å²) in [6.07, 6.45) is -7.25. The van der Waals surface area contributed by atoms with E-state index in [1.807, 2.05) is 0 Å². The Kier molecular flexibility index (Phi) is 20.1. The van der Waals surface area contributed by atoms with Gasteiger partial charge in [0.05, 0.1) is 13.7 Å². The number of carbonyl (C=O) groups excluding carboxylic acids is 2. The van der Waals surface area contributed by atoms with Crippen LogP contribution in [0, 0.1) is 5.92 Å². The zero-order valence-corrected chi connectivity index (χ0v) is 38.6. The van der Waals surface area contributed by atoms with E-state index in [2.05, 4.69) is 11.9 Å². The molecule has 0 radical (unpaired) electrons. The summed E-state index contributed by atoms with van der Waals surface area (Å²) in [6, 6.07) is 10.9. The summed E-state index contributed by atoms with van der Waals surface area (Å²) in [4.78, 5) is 24.8. The molecule has 26 heteroatoms. The molecule has 0 unspecified atom stereocenters. The van der Waals surface area contributed by atoms with E-state index in [1.165, 1.54) is 71.2 Å². The molecule has 0 spiro atoms. The summed E-state index contributed by atoms with van der Waals surface area (Å²) < 4.78 is 264. The number of carbonyl (C=O) groups is 2. The number of allylic oxidation sites excluding steroid dienone is 1. The van der Waals surface area contributed by atoms with Gasteiger partial charge in [0.15, 0.2) is 8.32 Å². The van der Waals surface area contributed by atoms with Crippen LogP contribution in [-0.4, -0.2) is 94.9 Å². The number of nitrogens with one attached hydrogen (secondary N) is 1. The number of esters is 1. The summed E-state index contributed by atoms with van der Waals surface area (Å²) in [5.74, 6) is -57.2. The topological polar surface area (TPSA) is 92.3 Å². The van der Waals surface area contributed by atoms with Crippen molar-refractivity contribution in [1.29, 1.82) is 0 Å². The molecule has 1 N–H and O–H groups in total. The second-order valence-electron chi connectivity index (χ2n) is 16.2. The van der Waals surface area contributed by atoms with Crippen molar-refractivity contribution in [3.63, 3.8) is 0 Å². The Morgan fingerprint density at radius 3 is 1.65 bits per heavy atom. The Labute approximate surface area is 386 Å². The van der Waals surface area contributed by atoms with Gasteiger partial charge in [-0.3, -0.25) is 5.32 Å². The van der Waals surface area contributed by atoms with Crippen LogP contribution in [0.4, 0.5) is 85.1 Å². The first-order chi connectivity index (χ1) is 31.5. The van der Waals surface area contributed by atoms with Crippen molar-refractivity contribution in [2.24, 2.45) is 5.92 Å². The molecule has 0 saturated heterocycles.